The molecule has 102 valence electrons. The summed E-state index contributed by atoms with van der Waals surface area (Å²) in [5.74, 6) is -2.01. The van der Waals surface area contributed by atoms with Crippen molar-refractivity contribution in [1.29, 1.82) is 0 Å². The van der Waals surface area contributed by atoms with E-state index in [9.17, 15) is 19.7 Å². The van der Waals surface area contributed by atoms with Crippen LogP contribution in [0.25, 0.3) is 0 Å². The molecule has 0 aliphatic heterocycles. The fourth-order valence-corrected chi connectivity index (χ4v) is 1.53. The van der Waals surface area contributed by atoms with Gasteiger partial charge >= 0.3 is 11.9 Å². The van der Waals surface area contributed by atoms with Gasteiger partial charge in [-0.1, -0.05) is 6.07 Å². The molecule has 0 radical (unpaired) electrons. The van der Waals surface area contributed by atoms with Crippen molar-refractivity contribution < 1.29 is 24.4 Å². The van der Waals surface area contributed by atoms with Crippen molar-refractivity contribution in [1.82, 2.24) is 0 Å². The van der Waals surface area contributed by atoms with E-state index in [0.717, 1.165) is 19.2 Å². The van der Waals surface area contributed by atoms with Gasteiger partial charge in [0.1, 0.15) is 6.04 Å². The van der Waals surface area contributed by atoms with Gasteiger partial charge in [-0.2, -0.15) is 0 Å². The Bertz CT molecular complexity index is 528. The first-order chi connectivity index (χ1) is 8.86. The number of carboxylic acid groups (broad SMARTS) is 1. The zero-order valence-corrected chi connectivity index (χ0v) is 10.0. The molecule has 0 spiro atoms. The van der Waals surface area contributed by atoms with Crippen molar-refractivity contribution in [3.05, 3.63) is 39.4 Å². The minimum Gasteiger partial charge on any atom is -0.478 e. The van der Waals surface area contributed by atoms with Crippen molar-refractivity contribution >= 4 is 17.6 Å². The predicted octanol–water partition coefficient (Wildman–Crippen LogP) is 0.336. The number of ether oxygens (including phenoxy) is 1. The highest BCUT2D eigenvalue weighted by atomic mass is 16.6. The summed E-state index contributed by atoms with van der Waals surface area (Å²) in [6.45, 7) is 0. The largest absolute Gasteiger partial charge is 0.478 e. The number of hydrogen-bond donors (Lipinski definition) is 2. The number of nitro benzene ring substituents is 1. The Hall–Kier alpha value is -2.48. The van der Waals surface area contributed by atoms with E-state index in [0.29, 0.717) is 0 Å². The molecule has 0 amide bonds. The van der Waals surface area contributed by atoms with Gasteiger partial charge < -0.3 is 15.6 Å². The first-order valence-corrected chi connectivity index (χ1v) is 5.20. The van der Waals surface area contributed by atoms with Crippen LogP contribution < -0.4 is 5.73 Å². The van der Waals surface area contributed by atoms with E-state index >= 15 is 0 Å². The summed E-state index contributed by atoms with van der Waals surface area (Å²) in [4.78, 5) is 32.1. The van der Waals surface area contributed by atoms with Gasteiger partial charge in [-0.05, 0) is 12.0 Å². The van der Waals surface area contributed by atoms with Gasteiger partial charge in [0, 0.05) is 12.1 Å². The Labute approximate surface area is 107 Å². The lowest BCUT2D eigenvalue weighted by molar-refractivity contribution is -0.384. The van der Waals surface area contributed by atoms with E-state index in [1.54, 1.807) is 0 Å². The molecule has 0 heterocycles. The van der Waals surface area contributed by atoms with Crippen molar-refractivity contribution in [3.8, 4) is 0 Å². The minimum atomic E-state index is -1.32. The zero-order valence-electron chi connectivity index (χ0n) is 10.0. The van der Waals surface area contributed by atoms with Gasteiger partial charge in [-0.15, -0.1) is 0 Å². The first-order valence-electron chi connectivity index (χ1n) is 5.20. The maximum Gasteiger partial charge on any atom is 0.336 e. The van der Waals surface area contributed by atoms with E-state index in [1.807, 2.05) is 0 Å². The van der Waals surface area contributed by atoms with Crippen LogP contribution in [0.1, 0.15) is 15.9 Å². The van der Waals surface area contributed by atoms with Gasteiger partial charge in [0.05, 0.1) is 17.6 Å². The summed E-state index contributed by atoms with van der Waals surface area (Å²) in [6.07, 6.45) is -0.0771. The molecule has 0 aliphatic rings. The fourth-order valence-electron chi connectivity index (χ4n) is 1.53. The number of benzene rings is 1. The zero-order chi connectivity index (χ0) is 14.6. The Morgan fingerprint density at radius 2 is 2.16 bits per heavy atom. The molecule has 0 saturated heterocycles. The number of hydrogen-bond acceptors (Lipinski definition) is 6. The summed E-state index contributed by atoms with van der Waals surface area (Å²) in [5, 5.41) is 19.6. The lowest BCUT2D eigenvalue weighted by atomic mass is 10.00. The predicted molar refractivity (Wildman–Crippen MR) is 63.8 cm³/mol. The Balaban J connectivity index is 3.10. The number of non-ortho nitro benzene ring substituents is 1. The molecule has 0 unspecified atom stereocenters. The minimum absolute atomic E-state index is 0.0771. The molecule has 8 nitrogen and oxygen atoms in total. The topological polar surface area (TPSA) is 133 Å². The highest BCUT2D eigenvalue weighted by molar-refractivity contribution is 5.90. The highest BCUT2D eigenvalue weighted by Crippen LogP contribution is 2.19. The average Bonchev–Trinajstić information content (AvgIpc) is 2.37. The summed E-state index contributed by atoms with van der Waals surface area (Å²) < 4.78 is 4.43. The molecule has 1 aromatic rings. The number of rotatable bonds is 5. The third-order valence-electron chi connectivity index (χ3n) is 2.48. The first kappa shape index (κ1) is 14.6. The van der Waals surface area contributed by atoms with Crippen molar-refractivity contribution in [2.45, 2.75) is 12.5 Å². The molecular weight excluding hydrogens is 256 g/mol. The molecule has 1 rings (SSSR count). The Morgan fingerprint density at radius 1 is 1.53 bits per heavy atom. The quantitative estimate of drug-likeness (QED) is 0.446. The Kier molecular flexibility index (Phi) is 4.54. The molecule has 0 saturated carbocycles. The van der Waals surface area contributed by atoms with Crippen LogP contribution in [-0.4, -0.2) is 35.1 Å². The van der Waals surface area contributed by atoms with Crippen molar-refractivity contribution in [3.63, 3.8) is 0 Å². The van der Waals surface area contributed by atoms with Gasteiger partial charge in [0.2, 0.25) is 0 Å². The van der Waals surface area contributed by atoms with Crippen LogP contribution in [0.3, 0.4) is 0 Å². The van der Waals surface area contributed by atoms with Crippen LogP contribution in [0.5, 0.6) is 0 Å². The number of carbonyl (C=O) groups excluding carboxylic acids is 1. The number of esters is 1. The number of nitrogens with zero attached hydrogens (tertiary/aromatic N) is 1. The van der Waals surface area contributed by atoms with Crippen molar-refractivity contribution in [2.24, 2.45) is 5.73 Å². The SMILES string of the molecule is COC(=O)[C@@H](N)Cc1ccc([N+](=O)[O-])cc1C(=O)O. The average molecular weight is 268 g/mol. The normalized spacial score (nSPS) is 11.7. The molecule has 1 aromatic carbocycles. The lowest BCUT2D eigenvalue weighted by Crippen LogP contribution is -2.34. The van der Waals surface area contributed by atoms with Gasteiger partial charge in [0.25, 0.3) is 5.69 Å². The van der Waals surface area contributed by atoms with E-state index in [2.05, 4.69) is 4.74 Å². The van der Waals surface area contributed by atoms with Crippen LogP contribution in [0.2, 0.25) is 0 Å². The van der Waals surface area contributed by atoms with Crippen LogP contribution in [-0.2, 0) is 16.0 Å². The Morgan fingerprint density at radius 3 is 2.63 bits per heavy atom. The summed E-state index contributed by atoms with van der Waals surface area (Å²) in [7, 11) is 1.16. The standard InChI is InChI=1S/C11H12N2O6/c1-19-11(16)9(12)4-6-2-3-7(13(17)18)5-8(6)10(14)15/h2-3,5,9H,4,12H2,1H3,(H,14,15)/t9-/m0/s1. The van der Waals surface area contributed by atoms with Gasteiger partial charge in [-0.25, -0.2) is 4.79 Å². The maximum absolute atomic E-state index is 11.2. The maximum atomic E-state index is 11.2. The van der Waals surface area contributed by atoms with Gasteiger partial charge in [-0.3, -0.25) is 14.9 Å². The molecule has 0 fully saturated rings. The molecule has 0 aromatic heterocycles. The lowest BCUT2D eigenvalue weighted by Gasteiger charge is -2.11. The molecule has 8 heteroatoms. The highest BCUT2D eigenvalue weighted by Gasteiger charge is 2.21. The van der Waals surface area contributed by atoms with Gasteiger partial charge in [0.15, 0.2) is 0 Å². The second-order valence-corrected chi connectivity index (χ2v) is 3.74. The monoisotopic (exact) mass is 268 g/mol. The third-order valence-corrected chi connectivity index (χ3v) is 2.48. The van der Waals surface area contributed by atoms with Crippen molar-refractivity contribution in [2.75, 3.05) is 7.11 Å². The molecule has 0 bridgehead atoms. The summed E-state index contributed by atoms with van der Waals surface area (Å²) in [5.41, 5.74) is 5.16. The molecule has 1 atom stereocenters. The number of nitro groups is 1. The summed E-state index contributed by atoms with van der Waals surface area (Å²) in [6, 6.07) is 2.34. The number of nitrogens with two attached hydrogens (primary N) is 1. The van der Waals surface area contributed by atoms with E-state index in [-0.39, 0.29) is 23.2 Å². The van der Waals surface area contributed by atoms with Crippen LogP contribution in [0.4, 0.5) is 5.69 Å². The molecule has 3 N–H and O–H groups in total. The molecule has 19 heavy (non-hydrogen) atoms. The van der Waals surface area contributed by atoms with E-state index in [1.165, 1.54) is 6.07 Å². The van der Waals surface area contributed by atoms with Crippen LogP contribution in [0.15, 0.2) is 18.2 Å². The van der Waals surface area contributed by atoms with E-state index in [4.69, 9.17) is 10.8 Å². The number of aromatic carboxylic acids is 1. The smallest absolute Gasteiger partial charge is 0.336 e. The van der Waals surface area contributed by atoms with Crippen LogP contribution >= 0.6 is 0 Å². The number of methoxy groups -OCH3 is 1. The third kappa shape index (κ3) is 3.49. The van der Waals surface area contributed by atoms with Crippen LogP contribution in [0, 0.1) is 10.1 Å². The number of carbonyl (C=O) groups is 2. The second kappa shape index (κ2) is 5.91. The van der Waals surface area contributed by atoms with E-state index < -0.39 is 22.9 Å². The molecular formula is C11H12N2O6. The molecule has 0 aliphatic carbocycles. The second-order valence-electron chi connectivity index (χ2n) is 3.74. The fraction of sp³-hybridized carbons (Fsp3) is 0.273. The summed E-state index contributed by atoms with van der Waals surface area (Å²) >= 11 is 0. The number of carboxylic acids is 1.